The molecule has 1 fully saturated rings. The number of nitrogens with one attached hydrogen (secondary N) is 1. The minimum absolute atomic E-state index is 0.0185. The van der Waals surface area contributed by atoms with E-state index in [2.05, 4.69) is 12.2 Å². The van der Waals surface area contributed by atoms with Crippen molar-refractivity contribution in [2.24, 2.45) is 0 Å². The Morgan fingerprint density at radius 2 is 2.00 bits per heavy atom. The highest BCUT2D eigenvalue weighted by Gasteiger charge is 2.27. The number of amides is 1. The van der Waals surface area contributed by atoms with Crippen molar-refractivity contribution in [2.75, 3.05) is 18.5 Å². The molecule has 1 aliphatic heterocycles. The lowest BCUT2D eigenvalue weighted by Gasteiger charge is -2.32. The molecule has 0 bridgehead atoms. The molecule has 1 atom stereocenters. The summed E-state index contributed by atoms with van der Waals surface area (Å²) < 4.78 is 0. The molecule has 0 saturated carbocycles. The molecule has 1 saturated heterocycles. The Kier molecular flexibility index (Phi) is 3.25. The molecule has 0 aliphatic carbocycles. The Hall–Kier alpha value is -1.35. The van der Waals surface area contributed by atoms with Gasteiger partial charge >= 0.3 is 0 Å². The first-order valence-corrected chi connectivity index (χ1v) is 5.77. The molecule has 2 rings (SSSR count). The highest BCUT2D eigenvalue weighted by atomic mass is 16.2. The maximum absolute atomic E-state index is 12.1. The van der Waals surface area contributed by atoms with E-state index < -0.39 is 0 Å². The van der Waals surface area contributed by atoms with Gasteiger partial charge in [0.2, 0.25) is 5.91 Å². The van der Waals surface area contributed by atoms with Crippen molar-refractivity contribution >= 4 is 11.6 Å². The minimum atomic E-state index is -0.0185. The lowest BCUT2D eigenvalue weighted by Crippen LogP contribution is -2.49. The van der Waals surface area contributed by atoms with E-state index in [1.807, 2.05) is 36.2 Å². The molecule has 1 aromatic rings. The second-order valence-corrected chi connectivity index (χ2v) is 4.31. The van der Waals surface area contributed by atoms with Crippen molar-refractivity contribution in [3.8, 4) is 0 Å². The van der Waals surface area contributed by atoms with E-state index in [4.69, 9.17) is 0 Å². The van der Waals surface area contributed by atoms with E-state index in [0.717, 1.165) is 25.1 Å². The van der Waals surface area contributed by atoms with Gasteiger partial charge in [0.05, 0.1) is 6.04 Å². The summed E-state index contributed by atoms with van der Waals surface area (Å²) in [6.45, 7) is 2.89. The molecular formula is C13H18N2O. The molecule has 1 N–H and O–H groups in total. The summed E-state index contributed by atoms with van der Waals surface area (Å²) >= 11 is 0. The molecule has 16 heavy (non-hydrogen) atoms. The van der Waals surface area contributed by atoms with Crippen LogP contribution in [0.3, 0.4) is 0 Å². The van der Waals surface area contributed by atoms with Gasteiger partial charge in [-0.3, -0.25) is 4.79 Å². The van der Waals surface area contributed by atoms with Crippen molar-refractivity contribution < 1.29 is 4.79 Å². The topological polar surface area (TPSA) is 32.3 Å². The van der Waals surface area contributed by atoms with Crippen molar-refractivity contribution in [3.63, 3.8) is 0 Å². The third-order valence-electron chi connectivity index (χ3n) is 3.13. The van der Waals surface area contributed by atoms with Gasteiger partial charge in [-0.2, -0.15) is 0 Å². The van der Waals surface area contributed by atoms with Crippen LogP contribution in [0.25, 0.3) is 0 Å². The molecule has 1 amide bonds. The van der Waals surface area contributed by atoms with Crippen LogP contribution >= 0.6 is 0 Å². The predicted molar refractivity (Wildman–Crippen MR) is 65.6 cm³/mol. The SMILES string of the molecule is CNC1CCCN(c2ccc(C)cc2)C1=O. The molecule has 3 heteroatoms. The van der Waals surface area contributed by atoms with Gasteiger partial charge in [0.25, 0.3) is 0 Å². The van der Waals surface area contributed by atoms with Crippen molar-refractivity contribution in [2.45, 2.75) is 25.8 Å². The number of aryl methyl sites for hydroxylation is 1. The number of rotatable bonds is 2. The minimum Gasteiger partial charge on any atom is -0.311 e. The highest BCUT2D eigenvalue weighted by molar-refractivity contribution is 5.97. The Balaban J connectivity index is 2.20. The first-order valence-electron chi connectivity index (χ1n) is 5.77. The Morgan fingerprint density at radius 1 is 1.31 bits per heavy atom. The average Bonchev–Trinajstić information content (AvgIpc) is 2.31. The normalized spacial score (nSPS) is 21.2. The van der Waals surface area contributed by atoms with E-state index >= 15 is 0 Å². The fourth-order valence-electron chi connectivity index (χ4n) is 2.12. The van der Waals surface area contributed by atoms with Gasteiger partial charge in [0.15, 0.2) is 0 Å². The molecule has 0 radical (unpaired) electrons. The summed E-state index contributed by atoms with van der Waals surface area (Å²) in [6, 6.07) is 8.11. The van der Waals surface area contributed by atoms with Crippen LogP contribution in [0, 0.1) is 6.92 Å². The van der Waals surface area contributed by atoms with Gasteiger partial charge in [-0.05, 0) is 38.9 Å². The quantitative estimate of drug-likeness (QED) is 0.819. The van der Waals surface area contributed by atoms with Crippen molar-refractivity contribution in [1.29, 1.82) is 0 Å². The fraction of sp³-hybridized carbons (Fsp3) is 0.462. The number of nitrogens with zero attached hydrogens (tertiary/aromatic N) is 1. The van der Waals surface area contributed by atoms with Crippen LogP contribution in [0.15, 0.2) is 24.3 Å². The van der Waals surface area contributed by atoms with Crippen LogP contribution in [0.4, 0.5) is 5.69 Å². The third kappa shape index (κ3) is 2.09. The number of carbonyl (C=O) groups is 1. The molecule has 1 heterocycles. The summed E-state index contributed by atoms with van der Waals surface area (Å²) in [7, 11) is 1.85. The van der Waals surface area contributed by atoms with Gasteiger partial charge in [-0.1, -0.05) is 17.7 Å². The lowest BCUT2D eigenvalue weighted by molar-refractivity contribution is -0.121. The smallest absolute Gasteiger partial charge is 0.244 e. The highest BCUT2D eigenvalue weighted by Crippen LogP contribution is 2.21. The number of piperidine rings is 1. The van der Waals surface area contributed by atoms with Crippen LogP contribution in [-0.4, -0.2) is 25.5 Å². The molecule has 0 spiro atoms. The summed E-state index contributed by atoms with van der Waals surface area (Å²) in [5.74, 6) is 0.192. The second-order valence-electron chi connectivity index (χ2n) is 4.31. The Bertz CT molecular complexity index is 372. The summed E-state index contributed by atoms with van der Waals surface area (Å²) in [5, 5.41) is 3.07. The van der Waals surface area contributed by atoms with Crippen LogP contribution in [-0.2, 0) is 4.79 Å². The van der Waals surface area contributed by atoms with Crippen LogP contribution < -0.4 is 10.2 Å². The summed E-state index contributed by atoms with van der Waals surface area (Å²) in [5.41, 5.74) is 2.23. The molecule has 86 valence electrons. The Labute approximate surface area is 96.5 Å². The largest absolute Gasteiger partial charge is 0.311 e. The Morgan fingerprint density at radius 3 is 2.62 bits per heavy atom. The average molecular weight is 218 g/mol. The predicted octanol–water partition coefficient (Wildman–Crippen LogP) is 1.71. The first-order chi connectivity index (χ1) is 7.72. The summed E-state index contributed by atoms with van der Waals surface area (Å²) in [6.07, 6.45) is 2.00. The zero-order valence-electron chi connectivity index (χ0n) is 9.86. The van der Waals surface area contributed by atoms with E-state index in [9.17, 15) is 4.79 Å². The van der Waals surface area contributed by atoms with Crippen LogP contribution in [0.2, 0.25) is 0 Å². The molecular weight excluding hydrogens is 200 g/mol. The first kappa shape index (κ1) is 11.1. The maximum atomic E-state index is 12.1. The number of carbonyl (C=O) groups excluding carboxylic acids is 1. The second kappa shape index (κ2) is 4.66. The fourth-order valence-corrected chi connectivity index (χ4v) is 2.12. The van der Waals surface area contributed by atoms with E-state index in [0.29, 0.717) is 0 Å². The van der Waals surface area contributed by atoms with Gasteiger partial charge < -0.3 is 10.2 Å². The molecule has 3 nitrogen and oxygen atoms in total. The standard InChI is InChI=1S/C13H18N2O/c1-10-5-7-11(8-6-10)15-9-3-4-12(14-2)13(15)16/h5-8,12,14H,3-4,9H2,1-2H3. The van der Waals surface area contributed by atoms with Crippen molar-refractivity contribution in [1.82, 2.24) is 5.32 Å². The molecule has 0 aromatic heterocycles. The number of anilines is 1. The van der Waals surface area contributed by atoms with Gasteiger partial charge in [-0.15, -0.1) is 0 Å². The molecule has 1 aliphatic rings. The molecule has 1 unspecified atom stereocenters. The lowest BCUT2D eigenvalue weighted by atomic mass is 10.0. The maximum Gasteiger partial charge on any atom is 0.244 e. The number of likely N-dealkylation sites (N-methyl/N-ethyl adjacent to an activating group) is 1. The summed E-state index contributed by atoms with van der Waals surface area (Å²) in [4.78, 5) is 14.0. The van der Waals surface area contributed by atoms with E-state index in [-0.39, 0.29) is 11.9 Å². The number of benzene rings is 1. The van der Waals surface area contributed by atoms with Gasteiger partial charge in [0, 0.05) is 12.2 Å². The monoisotopic (exact) mass is 218 g/mol. The van der Waals surface area contributed by atoms with Crippen LogP contribution in [0.5, 0.6) is 0 Å². The van der Waals surface area contributed by atoms with Crippen LogP contribution in [0.1, 0.15) is 18.4 Å². The zero-order valence-corrected chi connectivity index (χ0v) is 9.86. The van der Waals surface area contributed by atoms with Crippen molar-refractivity contribution in [3.05, 3.63) is 29.8 Å². The van der Waals surface area contributed by atoms with E-state index in [1.165, 1.54) is 5.56 Å². The third-order valence-corrected chi connectivity index (χ3v) is 3.13. The van der Waals surface area contributed by atoms with Gasteiger partial charge in [0.1, 0.15) is 0 Å². The molecule has 1 aromatic carbocycles. The number of hydrogen-bond acceptors (Lipinski definition) is 2. The number of hydrogen-bond donors (Lipinski definition) is 1. The zero-order chi connectivity index (χ0) is 11.5. The van der Waals surface area contributed by atoms with E-state index in [1.54, 1.807) is 0 Å². The van der Waals surface area contributed by atoms with Gasteiger partial charge in [-0.25, -0.2) is 0 Å².